The van der Waals surface area contributed by atoms with E-state index in [0.717, 1.165) is 6.54 Å². The van der Waals surface area contributed by atoms with E-state index < -0.39 is 0 Å². The maximum absolute atomic E-state index is 6.19. The first-order valence-corrected chi connectivity index (χ1v) is 6.30. The third kappa shape index (κ3) is 4.49. The van der Waals surface area contributed by atoms with Gasteiger partial charge in [-0.2, -0.15) is 0 Å². The first-order chi connectivity index (χ1) is 7.13. The molecule has 0 spiro atoms. The molecule has 2 atom stereocenters. The highest BCUT2D eigenvalue weighted by molar-refractivity contribution is 4.75. The fourth-order valence-corrected chi connectivity index (χ4v) is 2.06. The predicted octanol–water partition coefficient (Wildman–Crippen LogP) is 0.997. The summed E-state index contributed by atoms with van der Waals surface area (Å²) in [6.07, 6.45) is 2.47. The molecule has 1 heterocycles. The number of rotatable bonds is 4. The fraction of sp³-hybridized carbons (Fsp3) is 1.00. The zero-order valence-electron chi connectivity index (χ0n) is 10.6. The Morgan fingerprint density at radius 2 is 1.93 bits per heavy atom. The normalized spacial score (nSPS) is 24.8. The average Bonchev–Trinajstić information content (AvgIpc) is 2.42. The molecule has 0 saturated carbocycles. The number of hydrogen-bond donors (Lipinski definition) is 1. The highest BCUT2D eigenvalue weighted by Gasteiger charge is 2.17. The van der Waals surface area contributed by atoms with E-state index in [1.165, 1.54) is 39.0 Å². The van der Waals surface area contributed by atoms with Crippen molar-refractivity contribution in [3.05, 3.63) is 0 Å². The van der Waals surface area contributed by atoms with Crippen LogP contribution in [0.25, 0.3) is 0 Å². The second-order valence-electron chi connectivity index (χ2n) is 5.01. The van der Waals surface area contributed by atoms with Crippen LogP contribution < -0.4 is 5.73 Å². The van der Waals surface area contributed by atoms with Crippen molar-refractivity contribution in [2.45, 2.75) is 32.7 Å². The quantitative estimate of drug-likeness (QED) is 0.756. The first kappa shape index (κ1) is 12.9. The van der Waals surface area contributed by atoms with Crippen LogP contribution in [0, 0.1) is 5.92 Å². The molecule has 3 nitrogen and oxygen atoms in total. The molecule has 0 aromatic heterocycles. The number of hydrogen-bond acceptors (Lipinski definition) is 3. The monoisotopic (exact) mass is 213 g/mol. The summed E-state index contributed by atoms with van der Waals surface area (Å²) < 4.78 is 0. The van der Waals surface area contributed by atoms with E-state index in [9.17, 15) is 0 Å². The molecule has 2 unspecified atom stereocenters. The van der Waals surface area contributed by atoms with Gasteiger partial charge in [0.2, 0.25) is 0 Å². The summed E-state index contributed by atoms with van der Waals surface area (Å²) in [6, 6.07) is 0.346. The Labute approximate surface area is 94.6 Å². The zero-order valence-corrected chi connectivity index (χ0v) is 10.6. The zero-order chi connectivity index (χ0) is 11.3. The summed E-state index contributed by atoms with van der Waals surface area (Å²) in [5, 5.41) is 0. The second kappa shape index (κ2) is 6.46. The van der Waals surface area contributed by atoms with Gasteiger partial charge in [-0.25, -0.2) is 0 Å². The van der Waals surface area contributed by atoms with Crippen molar-refractivity contribution in [2.75, 3.05) is 39.8 Å². The van der Waals surface area contributed by atoms with Gasteiger partial charge in [-0.15, -0.1) is 0 Å². The molecule has 0 radical (unpaired) electrons. The lowest BCUT2D eigenvalue weighted by atomic mass is 9.99. The molecule has 1 aliphatic rings. The molecule has 1 fully saturated rings. The molecule has 15 heavy (non-hydrogen) atoms. The minimum Gasteiger partial charge on any atom is -0.326 e. The summed E-state index contributed by atoms with van der Waals surface area (Å²) in [5.41, 5.74) is 6.19. The van der Waals surface area contributed by atoms with E-state index in [1.54, 1.807) is 0 Å². The second-order valence-corrected chi connectivity index (χ2v) is 5.01. The van der Waals surface area contributed by atoms with Crippen LogP contribution in [0.2, 0.25) is 0 Å². The Bertz CT molecular complexity index is 172. The summed E-state index contributed by atoms with van der Waals surface area (Å²) in [6.45, 7) is 10.4. The Balaban J connectivity index is 2.30. The Kier molecular flexibility index (Phi) is 5.58. The smallest absolute Gasteiger partial charge is 0.0193 e. The van der Waals surface area contributed by atoms with Crippen molar-refractivity contribution < 1.29 is 0 Å². The minimum atomic E-state index is 0.346. The molecular formula is C12H27N3. The molecular weight excluding hydrogens is 186 g/mol. The number of nitrogens with two attached hydrogens (primary N) is 1. The van der Waals surface area contributed by atoms with Crippen LogP contribution >= 0.6 is 0 Å². The maximum atomic E-state index is 6.19. The van der Waals surface area contributed by atoms with Crippen LogP contribution in [-0.4, -0.2) is 55.6 Å². The van der Waals surface area contributed by atoms with Gasteiger partial charge in [0.1, 0.15) is 0 Å². The highest BCUT2D eigenvalue weighted by Crippen LogP contribution is 2.08. The highest BCUT2D eigenvalue weighted by atomic mass is 15.2. The van der Waals surface area contributed by atoms with Crippen molar-refractivity contribution in [1.82, 2.24) is 9.80 Å². The van der Waals surface area contributed by atoms with Crippen LogP contribution in [0.5, 0.6) is 0 Å². The van der Waals surface area contributed by atoms with Crippen molar-refractivity contribution >= 4 is 0 Å². The van der Waals surface area contributed by atoms with Gasteiger partial charge in [-0.3, -0.25) is 0 Å². The summed E-state index contributed by atoms with van der Waals surface area (Å²) in [5.74, 6) is 0.644. The summed E-state index contributed by atoms with van der Waals surface area (Å²) >= 11 is 0. The van der Waals surface area contributed by atoms with Gasteiger partial charge in [-0.1, -0.05) is 20.3 Å². The molecule has 1 aliphatic heterocycles. The lowest BCUT2D eigenvalue weighted by Gasteiger charge is -2.27. The van der Waals surface area contributed by atoms with Crippen molar-refractivity contribution in [1.29, 1.82) is 0 Å². The van der Waals surface area contributed by atoms with Crippen LogP contribution in [0.4, 0.5) is 0 Å². The van der Waals surface area contributed by atoms with Gasteiger partial charge in [0.05, 0.1) is 0 Å². The lowest BCUT2D eigenvalue weighted by Crippen LogP contribution is -2.42. The van der Waals surface area contributed by atoms with Gasteiger partial charge in [0.15, 0.2) is 0 Å². The molecule has 0 aliphatic carbocycles. The topological polar surface area (TPSA) is 32.5 Å². The Hall–Kier alpha value is -0.120. The van der Waals surface area contributed by atoms with Crippen LogP contribution in [0.1, 0.15) is 26.7 Å². The SMILES string of the molecule is CCC(C)C(N)CN1CCCN(C)CC1. The van der Waals surface area contributed by atoms with Crippen molar-refractivity contribution in [3.8, 4) is 0 Å². The average molecular weight is 213 g/mol. The maximum Gasteiger partial charge on any atom is 0.0193 e. The molecule has 0 aromatic rings. The van der Waals surface area contributed by atoms with Gasteiger partial charge < -0.3 is 15.5 Å². The molecule has 3 heteroatoms. The molecule has 90 valence electrons. The van der Waals surface area contributed by atoms with Crippen LogP contribution in [0.3, 0.4) is 0 Å². The van der Waals surface area contributed by atoms with E-state index in [0.29, 0.717) is 12.0 Å². The number of nitrogens with zero attached hydrogens (tertiary/aromatic N) is 2. The fourth-order valence-electron chi connectivity index (χ4n) is 2.06. The third-order valence-corrected chi connectivity index (χ3v) is 3.66. The number of likely N-dealkylation sites (N-methyl/N-ethyl adjacent to an activating group) is 1. The molecule has 0 amide bonds. The molecule has 0 aromatic carbocycles. The van der Waals surface area contributed by atoms with Gasteiger partial charge in [0, 0.05) is 25.7 Å². The van der Waals surface area contributed by atoms with Crippen LogP contribution in [0.15, 0.2) is 0 Å². The summed E-state index contributed by atoms with van der Waals surface area (Å²) in [4.78, 5) is 4.94. The third-order valence-electron chi connectivity index (χ3n) is 3.66. The first-order valence-electron chi connectivity index (χ1n) is 6.30. The summed E-state index contributed by atoms with van der Waals surface area (Å²) in [7, 11) is 2.21. The molecule has 1 saturated heterocycles. The van der Waals surface area contributed by atoms with Crippen molar-refractivity contribution in [3.63, 3.8) is 0 Å². The molecule has 0 bridgehead atoms. The van der Waals surface area contributed by atoms with E-state index in [-0.39, 0.29) is 0 Å². The Morgan fingerprint density at radius 3 is 2.60 bits per heavy atom. The standard InChI is InChI=1S/C12H27N3/c1-4-11(2)12(13)10-15-7-5-6-14(3)8-9-15/h11-12H,4-10,13H2,1-3H3. The van der Waals surface area contributed by atoms with E-state index in [1.807, 2.05) is 0 Å². The van der Waals surface area contributed by atoms with Crippen molar-refractivity contribution in [2.24, 2.45) is 11.7 Å². The largest absolute Gasteiger partial charge is 0.326 e. The van der Waals surface area contributed by atoms with Gasteiger partial charge in [0.25, 0.3) is 0 Å². The minimum absolute atomic E-state index is 0.346. The van der Waals surface area contributed by atoms with E-state index >= 15 is 0 Å². The van der Waals surface area contributed by atoms with Gasteiger partial charge in [-0.05, 0) is 32.5 Å². The van der Waals surface area contributed by atoms with Crippen LogP contribution in [-0.2, 0) is 0 Å². The lowest BCUT2D eigenvalue weighted by molar-refractivity contribution is 0.236. The van der Waals surface area contributed by atoms with Gasteiger partial charge >= 0.3 is 0 Å². The predicted molar refractivity (Wildman–Crippen MR) is 66.0 cm³/mol. The molecule has 2 N–H and O–H groups in total. The Morgan fingerprint density at radius 1 is 1.20 bits per heavy atom. The van der Waals surface area contributed by atoms with E-state index in [4.69, 9.17) is 5.73 Å². The molecule has 1 rings (SSSR count). The van der Waals surface area contributed by atoms with E-state index in [2.05, 4.69) is 30.7 Å².